The van der Waals surface area contributed by atoms with Gasteiger partial charge in [0.1, 0.15) is 17.4 Å². The van der Waals surface area contributed by atoms with E-state index in [1.54, 1.807) is 19.2 Å². The number of hydrogen-bond acceptors (Lipinski definition) is 4. The Balaban J connectivity index is 2.91. The number of nitrogens with zero attached hydrogens (tertiary/aromatic N) is 1. The first-order valence-electron chi connectivity index (χ1n) is 7.46. The Morgan fingerprint density at radius 3 is 2.57 bits per heavy atom. The first kappa shape index (κ1) is 19.3. The number of methoxy groups -OCH3 is 1. The number of alkyl carbamates (subject to hydrolysis) is 1. The van der Waals surface area contributed by atoms with E-state index in [-0.39, 0.29) is 6.04 Å². The molecular weight excluding hydrogens is 360 g/mol. The highest BCUT2D eigenvalue weighted by atomic mass is 79.9. The zero-order valence-electron chi connectivity index (χ0n) is 14.2. The van der Waals surface area contributed by atoms with E-state index in [0.717, 1.165) is 12.0 Å². The average Bonchev–Trinajstić information content (AvgIpc) is 2.45. The quantitative estimate of drug-likeness (QED) is 0.828. The summed E-state index contributed by atoms with van der Waals surface area (Å²) in [5.74, 6) is 0.681. The van der Waals surface area contributed by atoms with Crippen molar-refractivity contribution >= 4 is 22.0 Å². The molecule has 0 saturated heterocycles. The third-order valence-corrected chi connectivity index (χ3v) is 3.83. The number of carbonyl (C=O) groups excluding carboxylic acids is 1. The lowest BCUT2D eigenvalue weighted by Crippen LogP contribution is -2.40. The van der Waals surface area contributed by atoms with Crippen LogP contribution in [0.2, 0.25) is 0 Å². The molecule has 0 heterocycles. The molecule has 0 radical (unpaired) electrons. The predicted octanol–water partition coefficient (Wildman–Crippen LogP) is 4.18. The molecule has 1 rings (SSSR count). The van der Waals surface area contributed by atoms with Crippen molar-refractivity contribution in [3.63, 3.8) is 0 Å². The maximum Gasteiger partial charge on any atom is 0.407 e. The number of rotatable bonds is 5. The molecule has 1 amide bonds. The van der Waals surface area contributed by atoms with Crippen LogP contribution in [0.4, 0.5) is 4.79 Å². The van der Waals surface area contributed by atoms with Gasteiger partial charge in [-0.15, -0.1) is 0 Å². The van der Waals surface area contributed by atoms with Gasteiger partial charge >= 0.3 is 6.09 Å². The average molecular weight is 383 g/mol. The summed E-state index contributed by atoms with van der Waals surface area (Å²) in [6.45, 7) is 7.46. The Morgan fingerprint density at radius 2 is 2.09 bits per heavy atom. The Kier molecular flexibility index (Phi) is 6.89. The van der Waals surface area contributed by atoms with Gasteiger partial charge in [-0.05, 0) is 67.2 Å². The molecule has 1 aromatic rings. The van der Waals surface area contributed by atoms with Crippen molar-refractivity contribution in [3.05, 3.63) is 27.7 Å². The van der Waals surface area contributed by atoms with Crippen molar-refractivity contribution in [2.24, 2.45) is 0 Å². The standard InChI is InChI=1S/C17H23BrN2O3/c1-6-13(20-16(21)23-17(2,3)4)8-11-7-12(10-19)14(18)9-15(11)22-5/h7,9,13H,6,8H2,1-5H3,(H,20,21). The lowest BCUT2D eigenvalue weighted by molar-refractivity contribution is 0.0502. The van der Waals surface area contributed by atoms with Crippen LogP contribution in [-0.4, -0.2) is 24.8 Å². The van der Waals surface area contributed by atoms with Crippen molar-refractivity contribution < 1.29 is 14.3 Å². The first-order valence-corrected chi connectivity index (χ1v) is 8.25. The molecule has 0 saturated carbocycles. The van der Waals surface area contributed by atoms with Crippen LogP contribution < -0.4 is 10.1 Å². The number of amides is 1. The van der Waals surface area contributed by atoms with Gasteiger partial charge < -0.3 is 14.8 Å². The minimum absolute atomic E-state index is 0.105. The second-order valence-electron chi connectivity index (χ2n) is 6.21. The SMILES string of the molecule is CCC(Cc1cc(C#N)c(Br)cc1OC)NC(=O)OC(C)(C)C. The Morgan fingerprint density at radius 1 is 1.43 bits per heavy atom. The van der Waals surface area contributed by atoms with E-state index in [0.29, 0.717) is 22.2 Å². The molecule has 5 nitrogen and oxygen atoms in total. The molecule has 0 aliphatic carbocycles. The van der Waals surface area contributed by atoms with E-state index >= 15 is 0 Å². The third kappa shape index (κ3) is 6.11. The zero-order valence-corrected chi connectivity index (χ0v) is 15.8. The molecule has 0 bridgehead atoms. The summed E-state index contributed by atoms with van der Waals surface area (Å²) < 4.78 is 11.3. The van der Waals surface area contributed by atoms with Crippen LogP contribution in [0.3, 0.4) is 0 Å². The number of ether oxygens (including phenoxy) is 2. The molecule has 0 spiro atoms. The fraction of sp³-hybridized carbons (Fsp3) is 0.529. The van der Waals surface area contributed by atoms with Gasteiger partial charge in [0.25, 0.3) is 0 Å². The third-order valence-electron chi connectivity index (χ3n) is 3.17. The molecule has 0 fully saturated rings. The van der Waals surface area contributed by atoms with Gasteiger partial charge in [-0.25, -0.2) is 4.79 Å². The van der Waals surface area contributed by atoms with Crippen molar-refractivity contribution in [2.45, 2.75) is 52.2 Å². The van der Waals surface area contributed by atoms with Gasteiger partial charge in [-0.1, -0.05) is 6.92 Å². The number of nitrogens with one attached hydrogen (secondary N) is 1. The summed E-state index contributed by atoms with van der Waals surface area (Å²) in [6, 6.07) is 5.58. The van der Waals surface area contributed by atoms with Gasteiger partial charge in [-0.2, -0.15) is 5.26 Å². The second-order valence-corrected chi connectivity index (χ2v) is 7.07. The van der Waals surface area contributed by atoms with Crippen LogP contribution in [0.1, 0.15) is 45.2 Å². The van der Waals surface area contributed by atoms with Gasteiger partial charge in [-0.3, -0.25) is 0 Å². The molecule has 0 aliphatic rings. The van der Waals surface area contributed by atoms with E-state index in [1.165, 1.54) is 0 Å². The van der Waals surface area contributed by atoms with Gasteiger partial charge in [0.05, 0.1) is 12.7 Å². The summed E-state index contributed by atoms with van der Waals surface area (Å²) >= 11 is 3.35. The molecule has 1 aromatic carbocycles. The summed E-state index contributed by atoms with van der Waals surface area (Å²) in [7, 11) is 1.58. The number of hydrogen-bond donors (Lipinski definition) is 1. The first-order chi connectivity index (χ1) is 10.7. The van der Waals surface area contributed by atoms with Crippen LogP contribution in [0.25, 0.3) is 0 Å². The van der Waals surface area contributed by atoms with Gasteiger partial charge in [0.2, 0.25) is 0 Å². The summed E-state index contributed by atoms with van der Waals surface area (Å²) in [5.41, 5.74) is 0.870. The Labute approximate surface area is 146 Å². The monoisotopic (exact) mass is 382 g/mol. The van der Waals surface area contributed by atoms with E-state index in [9.17, 15) is 4.79 Å². The van der Waals surface area contributed by atoms with Crippen molar-refractivity contribution in [2.75, 3.05) is 7.11 Å². The fourth-order valence-corrected chi connectivity index (χ4v) is 2.48. The molecular formula is C17H23BrN2O3. The zero-order chi connectivity index (χ0) is 17.6. The molecule has 6 heteroatoms. The van der Waals surface area contributed by atoms with Crippen molar-refractivity contribution in [1.82, 2.24) is 5.32 Å². The van der Waals surface area contributed by atoms with Gasteiger partial charge in [0.15, 0.2) is 0 Å². The highest BCUT2D eigenvalue weighted by Crippen LogP contribution is 2.28. The van der Waals surface area contributed by atoms with E-state index in [2.05, 4.69) is 27.3 Å². The summed E-state index contributed by atoms with van der Waals surface area (Å²) in [4.78, 5) is 11.9. The number of nitriles is 1. The number of halogens is 1. The molecule has 0 aliphatic heterocycles. The fourth-order valence-electron chi connectivity index (χ4n) is 2.07. The highest BCUT2D eigenvalue weighted by Gasteiger charge is 2.20. The number of carbonyl (C=O) groups is 1. The van der Waals surface area contributed by atoms with Crippen molar-refractivity contribution in [3.8, 4) is 11.8 Å². The maximum atomic E-state index is 11.9. The lowest BCUT2D eigenvalue weighted by Gasteiger charge is -2.23. The maximum absolute atomic E-state index is 11.9. The smallest absolute Gasteiger partial charge is 0.407 e. The van der Waals surface area contributed by atoms with Gasteiger partial charge in [0, 0.05) is 10.5 Å². The normalized spacial score (nSPS) is 12.2. The van der Waals surface area contributed by atoms with Crippen molar-refractivity contribution in [1.29, 1.82) is 5.26 Å². The predicted molar refractivity (Wildman–Crippen MR) is 92.6 cm³/mol. The molecule has 1 unspecified atom stereocenters. The summed E-state index contributed by atoms with van der Waals surface area (Å²) in [6.07, 6.45) is 0.849. The Bertz CT molecular complexity index is 603. The molecule has 23 heavy (non-hydrogen) atoms. The minimum Gasteiger partial charge on any atom is -0.496 e. The molecule has 1 N–H and O–H groups in total. The summed E-state index contributed by atoms with van der Waals surface area (Å²) in [5, 5.41) is 12.0. The molecule has 0 aromatic heterocycles. The largest absolute Gasteiger partial charge is 0.496 e. The van der Waals surface area contributed by atoms with Crippen LogP contribution in [-0.2, 0) is 11.2 Å². The molecule has 1 atom stereocenters. The topological polar surface area (TPSA) is 71.3 Å². The van der Waals surface area contributed by atoms with Crippen LogP contribution >= 0.6 is 15.9 Å². The van der Waals surface area contributed by atoms with Crippen LogP contribution in [0.5, 0.6) is 5.75 Å². The highest BCUT2D eigenvalue weighted by molar-refractivity contribution is 9.10. The van der Waals surface area contributed by atoms with Crippen LogP contribution in [0.15, 0.2) is 16.6 Å². The molecule has 126 valence electrons. The minimum atomic E-state index is -0.536. The van der Waals surface area contributed by atoms with Crippen LogP contribution in [0, 0.1) is 11.3 Å². The lowest BCUT2D eigenvalue weighted by atomic mass is 10.0. The van der Waals surface area contributed by atoms with E-state index < -0.39 is 11.7 Å². The Hall–Kier alpha value is -1.74. The number of benzene rings is 1. The van der Waals surface area contributed by atoms with E-state index in [4.69, 9.17) is 14.7 Å². The second kappa shape index (κ2) is 8.21. The van der Waals surface area contributed by atoms with E-state index in [1.807, 2.05) is 27.7 Å².